The van der Waals surface area contributed by atoms with Crippen LogP contribution in [0.15, 0.2) is 72.1 Å². The lowest BCUT2D eigenvalue weighted by Crippen LogP contribution is -2.14. The van der Waals surface area contributed by atoms with Crippen LogP contribution in [0.2, 0.25) is 0 Å². The van der Waals surface area contributed by atoms with Crippen molar-refractivity contribution in [2.45, 2.75) is 4.90 Å². The van der Waals surface area contributed by atoms with Crippen molar-refractivity contribution in [3.8, 4) is 11.4 Å². The predicted molar refractivity (Wildman–Crippen MR) is 87.4 cm³/mol. The summed E-state index contributed by atoms with van der Waals surface area (Å²) in [6.45, 7) is 0. The SMILES string of the molecule is COc1cc(-n2ccnc2)ccc1S(=O)(=O)Nc1ccccc1. The molecule has 0 radical (unpaired) electrons. The zero-order chi connectivity index (χ0) is 16.3. The first-order valence-electron chi connectivity index (χ1n) is 6.84. The summed E-state index contributed by atoms with van der Waals surface area (Å²) in [5, 5.41) is 0. The molecule has 3 aromatic rings. The van der Waals surface area contributed by atoms with Gasteiger partial charge < -0.3 is 9.30 Å². The Morgan fingerprint density at radius 3 is 2.57 bits per heavy atom. The van der Waals surface area contributed by atoms with Gasteiger partial charge in [0.2, 0.25) is 0 Å². The van der Waals surface area contributed by atoms with Gasteiger partial charge in [0.1, 0.15) is 10.6 Å². The number of methoxy groups -OCH3 is 1. The minimum Gasteiger partial charge on any atom is -0.495 e. The van der Waals surface area contributed by atoms with Crippen LogP contribution in [-0.4, -0.2) is 25.1 Å². The maximum absolute atomic E-state index is 12.6. The van der Waals surface area contributed by atoms with Crippen molar-refractivity contribution in [1.82, 2.24) is 9.55 Å². The largest absolute Gasteiger partial charge is 0.495 e. The van der Waals surface area contributed by atoms with Gasteiger partial charge in [-0.2, -0.15) is 0 Å². The Labute approximate surface area is 134 Å². The Kier molecular flexibility index (Phi) is 4.03. The number of sulfonamides is 1. The van der Waals surface area contributed by atoms with Crippen molar-refractivity contribution in [3.63, 3.8) is 0 Å². The number of nitrogens with zero attached hydrogens (tertiary/aromatic N) is 2. The van der Waals surface area contributed by atoms with E-state index in [2.05, 4.69) is 9.71 Å². The van der Waals surface area contributed by atoms with Crippen molar-refractivity contribution >= 4 is 15.7 Å². The summed E-state index contributed by atoms with van der Waals surface area (Å²) in [5.74, 6) is 0.264. The normalized spacial score (nSPS) is 11.2. The summed E-state index contributed by atoms with van der Waals surface area (Å²) in [6.07, 6.45) is 5.05. The fraction of sp³-hybridized carbons (Fsp3) is 0.0625. The van der Waals surface area contributed by atoms with Crippen LogP contribution < -0.4 is 9.46 Å². The second-order valence-electron chi connectivity index (χ2n) is 4.78. The van der Waals surface area contributed by atoms with Gasteiger partial charge in [-0.15, -0.1) is 0 Å². The fourth-order valence-corrected chi connectivity index (χ4v) is 3.38. The Morgan fingerprint density at radius 1 is 1.13 bits per heavy atom. The van der Waals surface area contributed by atoms with Gasteiger partial charge in [0.05, 0.1) is 19.1 Å². The molecule has 0 fully saturated rings. The molecule has 7 heteroatoms. The molecule has 1 N–H and O–H groups in total. The molecule has 1 heterocycles. The average Bonchev–Trinajstić information content (AvgIpc) is 3.09. The minimum absolute atomic E-state index is 0.0766. The average molecular weight is 329 g/mol. The molecule has 23 heavy (non-hydrogen) atoms. The van der Waals surface area contributed by atoms with Crippen molar-refractivity contribution in [2.24, 2.45) is 0 Å². The maximum Gasteiger partial charge on any atom is 0.265 e. The summed E-state index contributed by atoms with van der Waals surface area (Å²) < 4.78 is 34.7. The van der Waals surface area contributed by atoms with Gasteiger partial charge in [0.15, 0.2) is 0 Å². The number of ether oxygens (including phenoxy) is 1. The first kappa shape index (κ1) is 15.1. The van der Waals surface area contributed by atoms with E-state index in [-0.39, 0.29) is 10.6 Å². The first-order valence-corrected chi connectivity index (χ1v) is 8.33. The molecule has 0 atom stereocenters. The summed E-state index contributed by atoms with van der Waals surface area (Å²) in [5.41, 5.74) is 1.26. The highest BCUT2D eigenvalue weighted by molar-refractivity contribution is 7.92. The van der Waals surface area contributed by atoms with E-state index in [9.17, 15) is 8.42 Å². The number of aromatic nitrogens is 2. The lowest BCUT2D eigenvalue weighted by atomic mass is 10.3. The molecule has 0 amide bonds. The fourth-order valence-electron chi connectivity index (χ4n) is 2.17. The maximum atomic E-state index is 12.6. The zero-order valence-electron chi connectivity index (χ0n) is 12.4. The molecule has 2 aromatic carbocycles. The van der Waals surface area contributed by atoms with E-state index in [1.165, 1.54) is 13.2 Å². The Hall–Kier alpha value is -2.80. The molecule has 3 rings (SSSR count). The van der Waals surface area contributed by atoms with Gasteiger partial charge in [0, 0.05) is 24.1 Å². The third-order valence-corrected chi connectivity index (χ3v) is 4.69. The van der Waals surface area contributed by atoms with Gasteiger partial charge in [-0.1, -0.05) is 18.2 Å². The molecule has 0 unspecified atom stereocenters. The summed E-state index contributed by atoms with van der Waals surface area (Å²) in [6, 6.07) is 13.6. The zero-order valence-corrected chi connectivity index (χ0v) is 13.2. The van der Waals surface area contributed by atoms with Crippen LogP contribution in [0, 0.1) is 0 Å². The van der Waals surface area contributed by atoms with E-state index in [1.807, 2.05) is 6.07 Å². The molecule has 118 valence electrons. The number of hydrogen-bond acceptors (Lipinski definition) is 4. The molecule has 0 spiro atoms. The van der Waals surface area contributed by atoms with E-state index in [1.54, 1.807) is 59.7 Å². The van der Waals surface area contributed by atoms with E-state index in [0.717, 1.165) is 5.69 Å². The molecule has 0 saturated carbocycles. The van der Waals surface area contributed by atoms with Crippen LogP contribution in [0.1, 0.15) is 0 Å². The van der Waals surface area contributed by atoms with Crippen LogP contribution in [0.5, 0.6) is 5.75 Å². The van der Waals surface area contributed by atoms with E-state index < -0.39 is 10.0 Å². The van der Waals surface area contributed by atoms with Gasteiger partial charge >= 0.3 is 0 Å². The Morgan fingerprint density at radius 2 is 1.91 bits per heavy atom. The van der Waals surface area contributed by atoms with Crippen molar-refractivity contribution in [1.29, 1.82) is 0 Å². The highest BCUT2D eigenvalue weighted by atomic mass is 32.2. The van der Waals surface area contributed by atoms with Crippen LogP contribution >= 0.6 is 0 Å². The smallest absolute Gasteiger partial charge is 0.265 e. The number of anilines is 1. The summed E-state index contributed by atoms with van der Waals surface area (Å²) in [7, 11) is -2.30. The highest BCUT2D eigenvalue weighted by Crippen LogP contribution is 2.28. The molecule has 0 aliphatic heterocycles. The quantitative estimate of drug-likeness (QED) is 0.781. The molecule has 6 nitrogen and oxygen atoms in total. The van der Waals surface area contributed by atoms with Crippen molar-refractivity contribution < 1.29 is 13.2 Å². The molecular weight excluding hydrogens is 314 g/mol. The third kappa shape index (κ3) is 3.19. The third-order valence-electron chi connectivity index (χ3n) is 3.27. The number of para-hydroxylation sites is 1. The summed E-state index contributed by atoms with van der Waals surface area (Å²) in [4.78, 5) is 4.05. The molecule has 1 aromatic heterocycles. The van der Waals surface area contributed by atoms with Gasteiger partial charge in [0.25, 0.3) is 10.0 Å². The molecule has 0 saturated heterocycles. The van der Waals surface area contributed by atoms with E-state index >= 15 is 0 Å². The van der Waals surface area contributed by atoms with Crippen LogP contribution in [0.4, 0.5) is 5.69 Å². The topological polar surface area (TPSA) is 73.2 Å². The van der Waals surface area contributed by atoms with Crippen LogP contribution in [0.25, 0.3) is 5.69 Å². The van der Waals surface area contributed by atoms with Gasteiger partial charge in [-0.25, -0.2) is 13.4 Å². The van der Waals surface area contributed by atoms with E-state index in [4.69, 9.17) is 4.74 Å². The summed E-state index contributed by atoms with van der Waals surface area (Å²) >= 11 is 0. The Bertz CT molecular complexity index is 892. The van der Waals surface area contributed by atoms with Gasteiger partial charge in [-0.3, -0.25) is 4.72 Å². The molecule has 0 aliphatic rings. The second-order valence-corrected chi connectivity index (χ2v) is 6.43. The predicted octanol–water partition coefficient (Wildman–Crippen LogP) is 2.68. The van der Waals surface area contributed by atoms with E-state index in [0.29, 0.717) is 5.69 Å². The minimum atomic E-state index is -3.74. The molecule has 0 bridgehead atoms. The van der Waals surface area contributed by atoms with Crippen LogP contribution in [0.3, 0.4) is 0 Å². The number of hydrogen-bond donors (Lipinski definition) is 1. The van der Waals surface area contributed by atoms with Crippen LogP contribution in [-0.2, 0) is 10.0 Å². The highest BCUT2D eigenvalue weighted by Gasteiger charge is 2.20. The lowest BCUT2D eigenvalue weighted by molar-refractivity contribution is 0.402. The lowest BCUT2D eigenvalue weighted by Gasteiger charge is -2.13. The monoisotopic (exact) mass is 329 g/mol. The van der Waals surface area contributed by atoms with Crippen molar-refractivity contribution in [2.75, 3.05) is 11.8 Å². The molecular formula is C16H15N3O3S. The number of nitrogens with one attached hydrogen (secondary N) is 1. The standard InChI is InChI=1S/C16H15N3O3S/c1-22-15-11-14(19-10-9-17-12-19)7-8-16(15)23(20,21)18-13-5-3-2-4-6-13/h2-12,18H,1H3. The first-order chi connectivity index (χ1) is 11.1. The van der Waals surface area contributed by atoms with Gasteiger partial charge in [-0.05, 0) is 24.3 Å². The second kappa shape index (κ2) is 6.13. The number of benzene rings is 2. The number of rotatable bonds is 5. The van der Waals surface area contributed by atoms with Crippen molar-refractivity contribution in [3.05, 3.63) is 67.3 Å². The molecule has 0 aliphatic carbocycles. The number of imidazole rings is 1. The Balaban J connectivity index is 1.98.